The summed E-state index contributed by atoms with van der Waals surface area (Å²) in [4.78, 5) is 72.9. The molecule has 0 fully saturated rings. The van der Waals surface area contributed by atoms with Crippen molar-refractivity contribution >= 4 is 39.5 Å². The predicted molar refractivity (Wildman–Crippen MR) is 400 cm³/mol. The summed E-state index contributed by atoms with van der Waals surface area (Å²) in [6, 6.07) is 0. The number of ether oxygens (including phenoxy) is 4. The number of phosphoric ester groups is 2. The van der Waals surface area contributed by atoms with Gasteiger partial charge < -0.3 is 33.8 Å². The van der Waals surface area contributed by atoms with E-state index >= 15 is 0 Å². The predicted octanol–water partition coefficient (Wildman–Crippen LogP) is 23.2. The Labute approximate surface area is 600 Å². The third-order valence-electron chi connectivity index (χ3n) is 18.7. The van der Waals surface area contributed by atoms with Crippen molar-refractivity contribution in [1.82, 2.24) is 0 Å². The second-order valence-electron chi connectivity index (χ2n) is 30.1. The Balaban J connectivity index is 5.25. The van der Waals surface area contributed by atoms with E-state index in [0.29, 0.717) is 25.7 Å². The van der Waals surface area contributed by atoms with Gasteiger partial charge in [-0.2, -0.15) is 0 Å². The molecule has 0 radical (unpaired) electrons. The third-order valence-corrected chi connectivity index (χ3v) is 20.6. The van der Waals surface area contributed by atoms with Crippen molar-refractivity contribution in [3.05, 3.63) is 0 Å². The van der Waals surface area contributed by atoms with Crippen molar-refractivity contribution in [2.45, 2.75) is 420 Å². The molecule has 6 atom stereocenters. The molecule has 0 aliphatic carbocycles. The van der Waals surface area contributed by atoms with E-state index in [9.17, 15) is 43.2 Å². The van der Waals surface area contributed by atoms with Gasteiger partial charge in [-0.15, -0.1) is 0 Å². The number of rotatable bonds is 76. The van der Waals surface area contributed by atoms with Gasteiger partial charge in [-0.3, -0.25) is 37.3 Å². The van der Waals surface area contributed by atoms with Crippen LogP contribution in [0.5, 0.6) is 0 Å². The minimum atomic E-state index is -4.96. The van der Waals surface area contributed by atoms with Gasteiger partial charge >= 0.3 is 39.5 Å². The number of aliphatic hydroxyl groups is 1. The highest BCUT2D eigenvalue weighted by atomic mass is 31.2. The molecule has 0 aromatic rings. The van der Waals surface area contributed by atoms with Gasteiger partial charge in [0.2, 0.25) is 0 Å². The van der Waals surface area contributed by atoms with Crippen molar-refractivity contribution in [1.29, 1.82) is 0 Å². The second kappa shape index (κ2) is 68.2. The van der Waals surface area contributed by atoms with Crippen LogP contribution in [-0.4, -0.2) is 96.7 Å². The van der Waals surface area contributed by atoms with Gasteiger partial charge in [0, 0.05) is 25.7 Å². The van der Waals surface area contributed by atoms with Crippen molar-refractivity contribution in [3.63, 3.8) is 0 Å². The molecule has 0 amide bonds. The molecule has 582 valence electrons. The van der Waals surface area contributed by atoms with Gasteiger partial charge in [0.1, 0.15) is 19.3 Å². The lowest BCUT2D eigenvalue weighted by molar-refractivity contribution is -0.161. The van der Waals surface area contributed by atoms with Gasteiger partial charge in [0.25, 0.3) is 0 Å². The molecule has 0 heterocycles. The molecular weight excluding hydrogens is 1280 g/mol. The van der Waals surface area contributed by atoms with Crippen LogP contribution in [0, 0.1) is 23.7 Å². The van der Waals surface area contributed by atoms with Gasteiger partial charge in [0.15, 0.2) is 12.2 Å². The number of esters is 4. The van der Waals surface area contributed by atoms with Gasteiger partial charge in [0.05, 0.1) is 26.4 Å². The molecule has 0 saturated heterocycles. The fourth-order valence-corrected chi connectivity index (χ4v) is 13.6. The molecular formula is C79H154O17P2. The fraction of sp³-hybridized carbons (Fsp3) is 0.949. The number of carbonyl (C=O) groups is 4. The zero-order valence-electron chi connectivity index (χ0n) is 64.4. The summed E-state index contributed by atoms with van der Waals surface area (Å²) in [5.41, 5.74) is 0. The van der Waals surface area contributed by atoms with Crippen LogP contribution in [0.4, 0.5) is 0 Å². The van der Waals surface area contributed by atoms with E-state index in [1.165, 1.54) is 199 Å². The molecule has 0 saturated carbocycles. The van der Waals surface area contributed by atoms with Gasteiger partial charge in [-0.05, 0) is 49.4 Å². The van der Waals surface area contributed by atoms with Crippen LogP contribution in [0.1, 0.15) is 402 Å². The molecule has 0 bridgehead atoms. The standard InChI is InChI=1S/C79H154O17P2/c1-9-72(8)58-50-42-37-38-44-52-60-77(82)90-66-75(96-79(84)62-54-46-36-30-24-23-27-33-41-49-57-71(6)7)68-94-98(87,88)92-64-73(80)63-91-97(85,86)93-67-74(95-78(83)61-53-45-35-29-22-18-14-13-16-20-26-32-40-48-56-70(4)5)65-89-76(81)59-51-43-34-28-21-17-12-10-11-15-19-25-31-39-47-55-69(2)3/h69-75,80H,9-68H2,1-8H3,(H,85,86)(H,87,88)/t72?,73-,74-,75-/m1/s1. The molecule has 0 aliphatic rings. The van der Waals surface area contributed by atoms with Crippen LogP contribution < -0.4 is 0 Å². The highest BCUT2D eigenvalue weighted by molar-refractivity contribution is 7.47. The zero-order valence-corrected chi connectivity index (χ0v) is 66.2. The number of carbonyl (C=O) groups excluding carboxylic acids is 4. The molecule has 3 unspecified atom stereocenters. The second-order valence-corrected chi connectivity index (χ2v) is 33.0. The van der Waals surface area contributed by atoms with Crippen LogP contribution in [0.25, 0.3) is 0 Å². The first-order chi connectivity index (χ1) is 47.1. The first-order valence-electron chi connectivity index (χ1n) is 40.7. The summed E-state index contributed by atoms with van der Waals surface area (Å²) in [5.74, 6) is 0.967. The van der Waals surface area contributed by atoms with Crippen LogP contribution >= 0.6 is 15.6 Å². The number of hydrogen-bond donors (Lipinski definition) is 3. The average molecular weight is 1440 g/mol. The van der Waals surface area contributed by atoms with E-state index in [-0.39, 0.29) is 25.7 Å². The van der Waals surface area contributed by atoms with Crippen LogP contribution in [0.3, 0.4) is 0 Å². The Kier molecular flexibility index (Phi) is 66.8. The molecule has 0 rings (SSSR count). The smallest absolute Gasteiger partial charge is 0.462 e. The van der Waals surface area contributed by atoms with E-state index in [2.05, 4.69) is 55.4 Å². The fourth-order valence-electron chi connectivity index (χ4n) is 12.0. The molecule has 0 spiro atoms. The quantitative estimate of drug-likeness (QED) is 0.0222. The van der Waals surface area contributed by atoms with E-state index in [0.717, 1.165) is 120 Å². The number of phosphoric acid groups is 2. The minimum absolute atomic E-state index is 0.105. The largest absolute Gasteiger partial charge is 0.472 e. The summed E-state index contributed by atoms with van der Waals surface area (Å²) >= 11 is 0. The van der Waals surface area contributed by atoms with Crippen molar-refractivity contribution in [2.24, 2.45) is 23.7 Å². The lowest BCUT2D eigenvalue weighted by Gasteiger charge is -2.21. The van der Waals surface area contributed by atoms with E-state index in [4.69, 9.17) is 37.0 Å². The van der Waals surface area contributed by atoms with Gasteiger partial charge in [-0.25, -0.2) is 9.13 Å². The number of aliphatic hydroxyl groups excluding tert-OH is 1. The maximum atomic E-state index is 13.1. The third kappa shape index (κ3) is 71.1. The number of hydrogen-bond acceptors (Lipinski definition) is 15. The Morgan fingerprint density at radius 2 is 0.490 bits per heavy atom. The van der Waals surface area contributed by atoms with Crippen LogP contribution in [-0.2, 0) is 65.4 Å². The lowest BCUT2D eigenvalue weighted by atomic mass is 10.00. The summed E-state index contributed by atoms with van der Waals surface area (Å²) in [6.07, 6.45) is 54.1. The Morgan fingerprint density at radius 3 is 0.724 bits per heavy atom. The molecule has 0 aromatic carbocycles. The van der Waals surface area contributed by atoms with Crippen LogP contribution in [0.2, 0.25) is 0 Å². The molecule has 0 aliphatic heterocycles. The van der Waals surface area contributed by atoms with E-state index < -0.39 is 97.5 Å². The minimum Gasteiger partial charge on any atom is -0.462 e. The molecule has 98 heavy (non-hydrogen) atoms. The van der Waals surface area contributed by atoms with Crippen molar-refractivity contribution in [3.8, 4) is 0 Å². The van der Waals surface area contributed by atoms with Crippen molar-refractivity contribution < 1.29 is 80.2 Å². The summed E-state index contributed by atoms with van der Waals surface area (Å²) in [5, 5.41) is 10.6. The molecule has 0 aromatic heterocycles. The Hall–Kier alpha value is -1.94. The summed E-state index contributed by atoms with van der Waals surface area (Å²) in [7, 11) is -9.92. The maximum absolute atomic E-state index is 13.1. The Morgan fingerprint density at radius 1 is 0.286 bits per heavy atom. The molecule has 19 heteroatoms. The highest BCUT2D eigenvalue weighted by Crippen LogP contribution is 2.45. The van der Waals surface area contributed by atoms with E-state index in [1.807, 2.05) is 0 Å². The first kappa shape index (κ1) is 96.1. The van der Waals surface area contributed by atoms with Crippen LogP contribution in [0.15, 0.2) is 0 Å². The molecule has 17 nitrogen and oxygen atoms in total. The monoisotopic (exact) mass is 1440 g/mol. The lowest BCUT2D eigenvalue weighted by Crippen LogP contribution is -2.30. The number of unbranched alkanes of at least 4 members (excludes halogenated alkanes) is 41. The zero-order chi connectivity index (χ0) is 72.4. The highest BCUT2D eigenvalue weighted by Gasteiger charge is 2.30. The summed E-state index contributed by atoms with van der Waals surface area (Å²) < 4.78 is 68.6. The van der Waals surface area contributed by atoms with Gasteiger partial charge in [-0.1, -0.05) is 351 Å². The van der Waals surface area contributed by atoms with E-state index in [1.54, 1.807) is 0 Å². The first-order valence-corrected chi connectivity index (χ1v) is 43.7. The SMILES string of the molecule is CCC(C)CCCCCCCCC(=O)OC[C@H](COP(=O)(O)OC[C@H](O)COP(=O)(O)OC[C@@H](COC(=O)CCCCCCCCCCCCCCCCCC(C)C)OC(=O)CCCCCCCCCCCCCCCCC(C)C)OC(=O)CCCCCCCCCCCCC(C)C. The Bertz CT molecular complexity index is 1920. The maximum Gasteiger partial charge on any atom is 0.472 e. The molecule has 3 N–H and O–H groups in total. The average Bonchev–Trinajstić information content (AvgIpc) is 1.63. The summed E-state index contributed by atoms with van der Waals surface area (Å²) in [6.45, 7) is 14.2. The topological polar surface area (TPSA) is 237 Å². The van der Waals surface area contributed by atoms with Crippen molar-refractivity contribution in [2.75, 3.05) is 39.6 Å². The normalized spacial score (nSPS) is 14.3.